The third-order valence-corrected chi connectivity index (χ3v) is 8.29. The highest BCUT2D eigenvalue weighted by molar-refractivity contribution is 7.99. The molecule has 0 saturated heterocycles. The molecule has 3 nitrogen and oxygen atoms in total. The average Bonchev–Trinajstić information content (AvgIpc) is 2.64. The predicted molar refractivity (Wildman–Crippen MR) is 107 cm³/mol. The van der Waals surface area contributed by atoms with Gasteiger partial charge in [-0.2, -0.15) is 0 Å². The molecule has 0 N–H and O–H groups in total. The van der Waals surface area contributed by atoms with E-state index >= 15 is 0 Å². The topological polar surface area (TPSA) is 51.2 Å². The summed E-state index contributed by atoms with van der Waals surface area (Å²) in [7, 11) is -3.86. The first-order valence-corrected chi connectivity index (χ1v) is 10.9. The van der Waals surface area contributed by atoms with Crippen LogP contribution < -0.4 is 0 Å². The van der Waals surface area contributed by atoms with Crippen LogP contribution in [0.25, 0.3) is 0 Å². The van der Waals surface area contributed by atoms with Crippen LogP contribution in [0, 0.1) is 13.8 Å². The highest BCUT2D eigenvalue weighted by atomic mass is 35.5. The Morgan fingerprint density at radius 3 is 2.41 bits per heavy atom. The minimum Gasteiger partial charge on any atom is -0.289 e. The monoisotopic (exact) mass is 414 g/mol. The molecule has 6 heteroatoms. The fraction of sp³-hybridized carbons (Fsp3) is 0.0952. The van der Waals surface area contributed by atoms with E-state index < -0.39 is 9.84 Å². The highest BCUT2D eigenvalue weighted by Crippen LogP contribution is 2.44. The third-order valence-electron chi connectivity index (χ3n) is 4.56. The minimum atomic E-state index is -3.86. The van der Waals surface area contributed by atoms with Gasteiger partial charge in [-0.05, 0) is 55.3 Å². The average molecular weight is 415 g/mol. The zero-order chi connectivity index (χ0) is 19.3. The van der Waals surface area contributed by atoms with Gasteiger partial charge in [0.25, 0.3) is 0 Å². The van der Waals surface area contributed by atoms with Gasteiger partial charge >= 0.3 is 0 Å². The Hall–Kier alpha value is -2.08. The molecule has 1 aliphatic heterocycles. The van der Waals surface area contributed by atoms with Crippen molar-refractivity contribution in [2.24, 2.45) is 0 Å². The van der Waals surface area contributed by atoms with Crippen molar-refractivity contribution in [3.63, 3.8) is 0 Å². The van der Waals surface area contributed by atoms with Crippen LogP contribution in [0.2, 0.25) is 5.02 Å². The van der Waals surface area contributed by atoms with Gasteiger partial charge in [0.05, 0.1) is 9.92 Å². The molecule has 1 heterocycles. The number of hydrogen-bond donors (Lipinski definition) is 0. The number of carbonyl (C=O) groups is 1. The number of benzene rings is 3. The second-order valence-electron chi connectivity index (χ2n) is 6.45. The van der Waals surface area contributed by atoms with Crippen LogP contribution in [0.15, 0.2) is 74.2 Å². The normalized spacial score (nSPS) is 14.6. The first kappa shape index (κ1) is 18.3. The Morgan fingerprint density at radius 2 is 1.63 bits per heavy atom. The van der Waals surface area contributed by atoms with Crippen molar-refractivity contribution in [3.05, 3.63) is 81.9 Å². The summed E-state index contributed by atoms with van der Waals surface area (Å²) in [5, 5.41) is 0.0984. The molecular weight excluding hydrogens is 400 g/mol. The summed E-state index contributed by atoms with van der Waals surface area (Å²) >= 11 is 7.94. The van der Waals surface area contributed by atoms with Gasteiger partial charge in [-0.1, -0.05) is 47.6 Å². The minimum absolute atomic E-state index is 0.0123. The van der Waals surface area contributed by atoms with E-state index in [0.717, 1.165) is 16.0 Å². The molecule has 0 unspecified atom stereocenters. The lowest BCUT2D eigenvalue weighted by Gasteiger charge is -2.21. The summed E-state index contributed by atoms with van der Waals surface area (Å²) in [5.74, 6) is -0.319. The van der Waals surface area contributed by atoms with E-state index in [1.54, 1.807) is 24.3 Å². The molecule has 0 fully saturated rings. The predicted octanol–water partition coefficient (Wildman–Crippen LogP) is 5.49. The molecule has 1 aliphatic rings. The number of halogens is 1. The van der Waals surface area contributed by atoms with Crippen LogP contribution in [-0.4, -0.2) is 14.2 Å². The third kappa shape index (κ3) is 2.90. The Kier molecular flexibility index (Phi) is 4.41. The van der Waals surface area contributed by atoms with Crippen LogP contribution in [0.5, 0.6) is 0 Å². The number of carbonyl (C=O) groups excluding carboxylic acids is 1. The molecule has 0 aromatic heterocycles. The van der Waals surface area contributed by atoms with Gasteiger partial charge in [0.1, 0.15) is 4.90 Å². The zero-order valence-corrected chi connectivity index (χ0v) is 17.0. The molecule has 27 heavy (non-hydrogen) atoms. The summed E-state index contributed by atoms with van der Waals surface area (Å²) < 4.78 is 26.3. The molecule has 0 saturated carbocycles. The number of rotatable bonds is 2. The second-order valence-corrected chi connectivity index (χ2v) is 9.77. The Labute approximate surface area is 167 Å². The van der Waals surface area contributed by atoms with E-state index in [4.69, 9.17) is 11.6 Å². The molecule has 0 spiro atoms. The molecule has 136 valence electrons. The van der Waals surface area contributed by atoms with Gasteiger partial charge in [-0.25, -0.2) is 8.42 Å². The fourth-order valence-corrected chi connectivity index (χ4v) is 6.55. The molecule has 0 aliphatic carbocycles. The Bertz CT molecular complexity index is 1210. The lowest BCUT2D eigenvalue weighted by molar-refractivity contribution is 0.103. The van der Waals surface area contributed by atoms with Crippen LogP contribution in [0.1, 0.15) is 27.0 Å². The van der Waals surface area contributed by atoms with E-state index in [-0.39, 0.29) is 31.7 Å². The second kappa shape index (κ2) is 6.51. The summed E-state index contributed by atoms with van der Waals surface area (Å²) in [6.07, 6.45) is 0. The molecule has 3 aromatic rings. The molecular formula is C21H15ClO3S2. The number of sulfone groups is 1. The van der Waals surface area contributed by atoms with Gasteiger partial charge in [0.2, 0.25) is 9.84 Å². The smallest absolute Gasteiger partial charge is 0.209 e. The van der Waals surface area contributed by atoms with Crippen LogP contribution in [0.4, 0.5) is 0 Å². The molecule has 3 aromatic carbocycles. The first-order chi connectivity index (χ1) is 12.8. The van der Waals surface area contributed by atoms with E-state index in [9.17, 15) is 13.2 Å². The summed E-state index contributed by atoms with van der Waals surface area (Å²) in [4.78, 5) is 14.3. The van der Waals surface area contributed by atoms with Crippen molar-refractivity contribution in [2.45, 2.75) is 33.4 Å². The summed E-state index contributed by atoms with van der Waals surface area (Å²) in [5.41, 5.74) is 2.50. The van der Waals surface area contributed by atoms with Crippen molar-refractivity contribution in [1.29, 1.82) is 0 Å². The fourth-order valence-electron chi connectivity index (χ4n) is 3.14. The molecule has 4 rings (SSSR count). The lowest BCUT2D eigenvalue weighted by atomic mass is 10.0. The van der Waals surface area contributed by atoms with Gasteiger partial charge in [0.15, 0.2) is 5.78 Å². The number of ketones is 1. The van der Waals surface area contributed by atoms with Gasteiger partial charge in [0, 0.05) is 20.9 Å². The van der Waals surface area contributed by atoms with Crippen LogP contribution >= 0.6 is 23.4 Å². The largest absolute Gasteiger partial charge is 0.289 e. The quantitative estimate of drug-likeness (QED) is 0.435. The van der Waals surface area contributed by atoms with Crippen LogP contribution in [-0.2, 0) is 9.84 Å². The maximum absolute atomic E-state index is 13.1. The Balaban J connectivity index is 1.90. The van der Waals surface area contributed by atoms with Gasteiger partial charge < -0.3 is 0 Å². The van der Waals surface area contributed by atoms with Crippen molar-refractivity contribution < 1.29 is 13.2 Å². The van der Waals surface area contributed by atoms with E-state index in [0.29, 0.717) is 4.90 Å². The van der Waals surface area contributed by atoms with Crippen molar-refractivity contribution in [2.75, 3.05) is 0 Å². The molecule has 0 bridgehead atoms. The zero-order valence-electron chi connectivity index (χ0n) is 14.6. The maximum Gasteiger partial charge on any atom is 0.209 e. The highest BCUT2D eigenvalue weighted by Gasteiger charge is 2.37. The van der Waals surface area contributed by atoms with Crippen molar-refractivity contribution >= 4 is 39.0 Å². The maximum atomic E-state index is 13.1. The SMILES string of the molecule is Cc1ccc(C)c(Sc2ccc3c(c2Cl)S(=O)(=O)c2ccccc2C3=O)c1. The van der Waals surface area contributed by atoms with Gasteiger partial charge in [-0.15, -0.1) is 0 Å². The number of hydrogen-bond acceptors (Lipinski definition) is 4. The van der Waals surface area contributed by atoms with Crippen molar-refractivity contribution in [1.82, 2.24) is 0 Å². The summed E-state index contributed by atoms with van der Waals surface area (Å²) in [6.45, 7) is 3.99. The molecule has 0 radical (unpaired) electrons. The lowest BCUT2D eigenvalue weighted by Crippen LogP contribution is -2.20. The number of aryl methyl sites for hydroxylation is 2. The van der Waals surface area contributed by atoms with E-state index in [1.165, 1.54) is 23.9 Å². The molecule has 0 amide bonds. The van der Waals surface area contributed by atoms with Crippen molar-refractivity contribution in [3.8, 4) is 0 Å². The van der Waals surface area contributed by atoms with Gasteiger partial charge in [-0.3, -0.25) is 4.79 Å². The van der Waals surface area contributed by atoms with E-state index in [1.807, 2.05) is 32.0 Å². The Morgan fingerprint density at radius 1 is 0.889 bits per heavy atom. The standard InChI is InChI=1S/C21H15ClO3S2/c1-12-7-8-13(2)17(11-12)26-16-10-9-15-20(23)14-5-3-4-6-18(14)27(24,25)21(15)19(16)22/h3-11H,1-2H3. The first-order valence-electron chi connectivity index (χ1n) is 8.27. The van der Waals surface area contributed by atoms with E-state index in [2.05, 4.69) is 0 Å². The number of fused-ring (bicyclic) bond motifs is 2. The molecule has 0 atom stereocenters. The van der Waals surface area contributed by atoms with Crippen LogP contribution in [0.3, 0.4) is 0 Å². The summed E-state index contributed by atoms with van der Waals surface area (Å²) in [6, 6.07) is 15.6.